The third-order valence-electron chi connectivity index (χ3n) is 2.27. The summed E-state index contributed by atoms with van der Waals surface area (Å²) in [5, 5.41) is 3.29. The maximum atomic E-state index is 5.53. The molecule has 4 heteroatoms. The monoisotopic (exact) mass is 295 g/mol. The lowest BCUT2D eigenvalue weighted by molar-refractivity contribution is 0.341. The van der Waals surface area contributed by atoms with Crippen LogP contribution in [0.5, 0.6) is 5.75 Å². The van der Waals surface area contributed by atoms with Crippen molar-refractivity contribution in [2.75, 3.05) is 11.9 Å². The molecule has 17 heavy (non-hydrogen) atoms. The van der Waals surface area contributed by atoms with Crippen LogP contribution in [0.2, 0.25) is 0 Å². The van der Waals surface area contributed by atoms with Gasteiger partial charge in [-0.25, -0.2) is 0 Å². The van der Waals surface area contributed by atoms with E-state index in [4.69, 9.17) is 9.15 Å². The van der Waals surface area contributed by atoms with Crippen LogP contribution in [0.15, 0.2) is 45.5 Å². The van der Waals surface area contributed by atoms with E-state index in [1.54, 1.807) is 0 Å². The Kier molecular flexibility index (Phi) is 4.09. The quantitative estimate of drug-likeness (QED) is 0.903. The van der Waals surface area contributed by atoms with Gasteiger partial charge in [-0.3, -0.25) is 0 Å². The van der Waals surface area contributed by atoms with Gasteiger partial charge in [-0.1, -0.05) is 12.1 Å². The second-order valence-electron chi connectivity index (χ2n) is 3.49. The number of ether oxygens (including phenoxy) is 1. The van der Waals surface area contributed by atoms with Gasteiger partial charge in [0.2, 0.25) is 0 Å². The highest BCUT2D eigenvalue weighted by Gasteiger charge is 2.03. The Hall–Kier alpha value is -1.42. The summed E-state index contributed by atoms with van der Waals surface area (Å²) in [4.78, 5) is 0. The van der Waals surface area contributed by atoms with E-state index in [1.807, 2.05) is 43.3 Å². The van der Waals surface area contributed by atoms with E-state index in [-0.39, 0.29) is 0 Å². The zero-order valence-corrected chi connectivity index (χ0v) is 11.2. The van der Waals surface area contributed by atoms with Crippen molar-refractivity contribution < 1.29 is 9.15 Å². The van der Waals surface area contributed by atoms with Gasteiger partial charge in [-0.2, -0.15) is 0 Å². The average Bonchev–Trinajstić information content (AvgIpc) is 2.74. The molecule has 0 bridgehead atoms. The molecule has 0 saturated carbocycles. The van der Waals surface area contributed by atoms with Crippen LogP contribution >= 0.6 is 15.9 Å². The molecule has 0 aliphatic carbocycles. The molecular formula is C13H14BrNO2. The summed E-state index contributed by atoms with van der Waals surface area (Å²) in [6, 6.07) is 11.7. The van der Waals surface area contributed by atoms with Crippen molar-refractivity contribution in [2.24, 2.45) is 0 Å². The third kappa shape index (κ3) is 3.27. The first-order valence-corrected chi connectivity index (χ1v) is 6.29. The smallest absolute Gasteiger partial charge is 0.169 e. The lowest BCUT2D eigenvalue weighted by Gasteiger charge is -2.10. The molecule has 0 aliphatic heterocycles. The summed E-state index contributed by atoms with van der Waals surface area (Å²) < 4.78 is 11.7. The molecule has 1 heterocycles. The third-order valence-corrected chi connectivity index (χ3v) is 2.70. The van der Waals surface area contributed by atoms with Gasteiger partial charge in [-0.15, -0.1) is 0 Å². The number of anilines is 1. The van der Waals surface area contributed by atoms with E-state index in [0.717, 1.165) is 21.9 Å². The number of nitrogens with one attached hydrogen (secondary N) is 1. The first kappa shape index (κ1) is 12.0. The van der Waals surface area contributed by atoms with E-state index in [2.05, 4.69) is 21.2 Å². The maximum Gasteiger partial charge on any atom is 0.169 e. The Bertz CT molecular complexity index is 482. The summed E-state index contributed by atoms with van der Waals surface area (Å²) in [5.74, 6) is 1.74. The summed E-state index contributed by atoms with van der Waals surface area (Å²) >= 11 is 3.28. The molecule has 2 aromatic rings. The Morgan fingerprint density at radius 2 is 2.06 bits per heavy atom. The fourth-order valence-electron chi connectivity index (χ4n) is 1.52. The Morgan fingerprint density at radius 1 is 1.24 bits per heavy atom. The van der Waals surface area contributed by atoms with Crippen LogP contribution in [0.1, 0.15) is 12.7 Å². The van der Waals surface area contributed by atoms with Crippen molar-refractivity contribution in [1.82, 2.24) is 0 Å². The average molecular weight is 296 g/mol. The number of halogens is 1. The molecule has 0 aliphatic rings. The van der Waals surface area contributed by atoms with Crippen molar-refractivity contribution in [3.63, 3.8) is 0 Å². The molecule has 90 valence electrons. The zero-order chi connectivity index (χ0) is 12.1. The molecule has 1 aromatic heterocycles. The van der Waals surface area contributed by atoms with Gasteiger partial charge in [0.25, 0.3) is 0 Å². The van der Waals surface area contributed by atoms with Crippen LogP contribution in [0.25, 0.3) is 0 Å². The minimum Gasteiger partial charge on any atom is -0.492 e. The number of furan rings is 1. The molecule has 0 amide bonds. The molecular weight excluding hydrogens is 282 g/mol. The van der Waals surface area contributed by atoms with Gasteiger partial charge in [-0.05, 0) is 47.1 Å². The molecule has 0 spiro atoms. The van der Waals surface area contributed by atoms with Gasteiger partial charge in [0.15, 0.2) is 4.67 Å². The molecule has 0 saturated heterocycles. The van der Waals surface area contributed by atoms with E-state index in [1.165, 1.54) is 0 Å². The SMILES string of the molecule is CCOc1ccccc1NCc1ccc(Br)o1. The summed E-state index contributed by atoms with van der Waals surface area (Å²) in [7, 11) is 0. The fraction of sp³-hybridized carbons (Fsp3) is 0.231. The predicted molar refractivity (Wildman–Crippen MR) is 71.3 cm³/mol. The van der Waals surface area contributed by atoms with Gasteiger partial charge >= 0.3 is 0 Å². The van der Waals surface area contributed by atoms with Crippen molar-refractivity contribution in [3.05, 3.63) is 46.8 Å². The molecule has 1 N–H and O–H groups in total. The van der Waals surface area contributed by atoms with Gasteiger partial charge in [0.05, 0.1) is 18.8 Å². The topological polar surface area (TPSA) is 34.4 Å². The number of benzene rings is 1. The van der Waals surface area contributed by atoms with Crippen LogP contribution < -0.4 is 10.1 Å². The van der Waals surface area contributed by atoms with Crippen LogP contribution in [0, 0.1) is 0 Å². The van der Waals surface area contributed by atoms with Crippen molar-refractivity contribution in [2.45, 2.75) is 13.5 Å². The maximum absolute atomic E-state index is 5.53. The molecule has 0 unspecified atom stereocenters. The summed E-state index contributed by atoms with van der Waals surface area (Å²) in [5.41, 5.74) is 0.974. The van der Waals surface area contributed by atoms with Crippen LogP contribution in [-0.4, -0.2) is 6.61 Å². The zero-order valence-electron chi connectivity index (χ0n) is 9.57. The van der Waals surface area contributed by atoms with Crippen LogP contribution in [0.3, 0.4) is 0 Å². The lowest BCUT2D eigenvalue weighted by atomic mass is 10.3. The normalized spacial score (nSPS) is 10.2. The van der Waals surface area contributed by atoms with Crippen molar-refractivity contribution in [3.8, 4) is 5.75 Å². The molecule has 1 aromatic carbocycles. The van der Waals surface area contributed by atoms with E-state index in [0.29, 0.717) is 13.2 Å². The van der Waals surface area contributed by atoms with E-state index < -0.39 is 0 Å². The van der Waals surface area contributed by atoms with Crippen molar-refractivity contribution >= 4 is 21.6 Å². The molecule has 0 atom stereocenters. The molecule has 3 nitrogen and oxygen atoms in total. The Labute approximate surface area is 109 Å². The second kappa shape index (κ2) is 5.77. The van der Waals surface area contributed by atoms with Crippen molar-refractivity contribution in [1.29, 1.82) is 0 Å². The summed E-state index contributed by atoms with van der Waals surface area (Å²) in [6.07, 6.45) is 0. The molecule has 0 radical (unpaired) electrons. The highest BCUT2D eigenvalue weighted by atomic mass is 79.9. The number of para-hydroxylation sites is 2. The van der Waals surface area contributed by atoms with E-state index in [9.17, 15) is 0 Å². The Balaban J connectivity index is 2.03. The first-order valence-electron chi connectivity index (χ1n) is 5.49. The predicted octanol–water partition coefficient (Wildman–Crippen LogP) is 4.05. The standard InChI is InChI=1S/C13H14BrNO2/c1-2-16-12-6-4-3-5-11(12)15-9-10-7-8-13(14)17-10/h3-8,15H,2,9H2,1H3. The largest absolute Gasteiger partial charge is 0.492 e. The minimum atomic E-state index is 0.635. The van der Waals surface area contributed by atoms with Gasteiger partial charge < -0.3 is 14.5 Å². The molecule has 2 rings (SSSR count). The minimum absolute atomic E-state index is 0.635. The van der Waals surface area contributed by atoms with Gasteiger partial charge in [0, 0.05) is 0 Å². The Morgan fingerprint density at radius 3 is 2.76 bits per heavy atom. The highest BCUT2D eigenvalue weighted by Crippen LogP contribution is 2.24. The fourth-order valence-corrected chi connectivity index (χ4v) is 1.86. The molecule has 0 fully saturated rings. The van der Waals surface area contributed by atoms with Crippen LogP contribution in [0.4, 0.5) is 5.69 Å². The second-order valence-corrected chi connectivity index (χ2v) is 4.27. The van der Waals surface area contributed by atoms with E-state index >= 15 is 0 Å². The number of rotatable bonds is 5. The number of hydrogen-bond donors (Lipinski definition) is 1. The lowest BCUT2D eigenvalue weighted by Crippen LogP contribution is -2.01. The van der Waals surface area contributed by atoms with Crippen LogP contribution in [-0.2, 0) is 6.54 Å². The highest BCUT2D eigenvalue weighted by molar-refractivity contribution is 9.10. The number of hydrogen-bond acceptors (Lipinski definition) is 3. The van der Waals surface area contributed by atoms with Gasteiger partial charge in [0.1, 0.15) is 11.5 Å². The summed E-state index contributed by atoms with van der Waals surface area (Å²) in [6.45, 7) is 3.26. The first-order chi connectivity index (χ1) is 8.29.